The predicted molar refractivity (Wildman–Crippen MR) is 68.7 cm³/mol. The number of halogens is 2. The number of ether oxygens (including phenoxy) is 1. The van der Waals surface area contributed by atoms with Crippen LogP contribution < -0.4 is 4.74 Å². The Morgan fingerprint density at radius 3 is 2.44 bits per heavy atom. The van der Waals surface area contributed by atoms with Gasteiger partial charge in [-0.15, -0.1) is 0 Å². The van der Waals surface area contributed by atoms with Crippen molar-refractivity contribution in [1.82, 2.24) is 0 Å². The summed E-state index contributed by atoms with van der Waals surface area (Å²) in [6, 6.07) is 4.99. The fourth-order valence-electron chi connectivity index (χ4n) is 1.54. The van der Waals surface area contributed by atoms with Gasteiger partial charge in [-0.25, -0.2) is 4.39 Å². The minimum Gasteiger partial charge on any atom is -0.497 e. The second kappa shape index (κ2) is 5.17. The standard InChI is InChI=1S/C13H18BrFO/c1-13(2,3)8-11(14)10-6-5-9(16-4)7-12(10)15/h5-7,11H,8H2,1-4H3. The van der Waals surface area contributed by atoms with Crippen molar-refractivity contribution < 1.29 is 9.13 Å². The van der Waals surface area contributed by atoms with Gasteiger partial charge in [0.05, 0.1) is 7.11 Å². The molecule has 0 fully saturated rings. The van der Waals surface area contributed by atoms with Crippen LogP contribution in [0.5, 0.6) is 5.75 Å². The van der Waals surface area contributed by atoms with Crippen LogP contribution in [0.2, 0.25) is 0 Å². The lowest BCUT2D eigenvalue weighted by molar-refractivity contribution is 0.373. The minimum atomic E-state index is -0.217. The van der Waals surface area contributed by atoms with Gasteiger partial charge in [-0.3, -0.25) is 0 Å². The first-order chi connectivity index (χ1) is 7.33. The summed E-state index contributed by atoms with van der Waals surface area (Å²) in [6.45, 7) is 6.42. The predicted octanol–water partition coefficient (Wildman–Crippen LogP) is 4.71. The normalized spacial score (nSPS) is 13.6. The molecule has 0 aliphatic carbocycles. The van der Waals surface area contributed by atoms with Gasteiger partial charge in [0.2, 0.25) is 0 Å². The van der Waals surface area contributed by atoms with Crippen molar-refractivity contribution in [3.05, 3.63) is 29.6 Å². The second-order valence-corrected chi connectivity index (χ2v) is 6.23. The first kappa shape index (κ1) is 13.5. The zero-order chi connectivity index (χ0) is 12.3. The summed E-state index contributed by atoms with van der Waals surface area (Å²) in [6.07, 6.45) is 0.885. The molecular formula is C13H18BrFO. The number of benzene rings is 1. The molecule has 1 unspecified atom stereocenters. The van der Waals surface area contributed by atoms with Gasteiger partial charge < -0.3 is 4.74 Å². The molecule has 16 heavy (non-hydrogen) atoms. The van der Waals surface area contributed by atoms with Crippen LogP contribution in [0.3, 0.4) is 0 Å². The molecule has 0 N–H and O–H groups in total. The highest BCUT2D eigenvalue weighted by atomic mass is 79.9. The molecule has 0 radical (unpaired) electrons. The molecule has 3 heteroatoms. The topological polar surface area (TPSA) is 9.23 Å². The zero-order valence-corrected chi connectivity index (χ0v) is 11.8. The molecule has 0 amide bonds. The lowest BCUT2D eigenvalue weighted by Crippen LogP contribution is -2.09. The van der Waals surface area contributed by atoms with E-state index in [1.165, 1.54) is 13.2 Å². The van der Waals surface area contributed by atoms with Crippen LogP contribution >= 0.6 is 15.9 Å². The summed E-state index contributed by atoms with van der Waals surface area (Å²) in [7, 11) is 1.54. The van der Waals surface area contributed by atoms with Crippen molar-refractivity contribution in [3.63, 3.8) is 0 Å². The fourth-order valence-corrected chi connectivity index (χ4v) is 2.88. The Morgan fingerprint density at radius 2 is 2.00 bits per heavy atom. The molecule has 0 aromatic heterocycles. The Balaban J connectivity index is 2.88. The largest absolute Gasteiger partial charge is 0.497 e. The van der Waals surface area contributed by atoms with Crippen molar-refractivity contribution in [3.8, 4) is 5.75 Å². The molecular weight excluding hydrogens is 271 g/mol. The third-order valence-electron chi connectivity index (χ3n) is 2.34. The van der Waals surface area contributed by atoms with Crippen LogP contribution in [0, 0.1) is 11.2 Å². The summed E-state index contributed by atoms with van der Waals surface area (Å²) < 4.78 is 18.7. The lowest BCUT2D eigenvalue weighted by Gasteiger charge is -2.22. The third-order valence-corrected chi connectivity index (χ3v) is 3.15. The summed E-state index contributed by atoms with van der Waals surface area (Å²) in [5.74, 6) is 0.335. The Morgan fingerprint density at radius 1 is 1.38 bits per heavy atom. The maximum atomic E-state index is 13.8. The molecule has 1 nitrogen and oxygen atoms in total. The summed E-state index contributed by atoms with van der Waals surface area (Å²) in [5, 5.41) is 0. The van der Waals surface area contributed by atoms with Crippen molar-refractivity contribution in [2.75, 3.05) is 7.11 Å². The van der Waals surface area contributed by atoms with Gasteiger partial charge in [0.15, 0.2) is 0 Å². The van der Waals surface area contributed by atoms with Gasteiger partial charge in [-0.2, -0.15) is 0 Å². The van der Waals surface area contributed by atoms with E-state index in [4.69, 9.17) is 4.74 Å². The Kier molecular flexibility index (Phi) is 4.36. The van der Waals surface area contributed by atoms with Gasteiger partial charge in [-0.1, -0.05) is 42.8 Å². The van der Waals surface area contributed by atoms with Crippen molar-refractivity contribution in [1.29, 1.82) is 0 Å². The molecule has 0 saturated heterocycles. The fraction of sp³-hybridized carbons (Fsp3) is 0.538. The Hall–Kier alpha value is -0.570. The number of hydrogen-bond acceptors (Lipinski definition) is 1. The number of alkyl halides is 1. The molecule has 1 aromatic carbocycles. The monoisotopic (exact) mass is 288 g/mol. The van der Waals surface area contributed by atoms with E-state index in [9.17, 15) is 4.39 Å². The van der Waals surface area contributed by atoms with Crippen molar-refractivity contribution in [2.45, 2.75) is 32.0 Å². The minimum absolute atomic E-state index is 0.0402. The average molecular weight is 289 g/mol. The van der Waals surface area contributed by atoms with E-state index < -0.39 is 0 Å². The molecule has 0 aliphatic heterocycles. The molecule has 1 aromatic rings. The highest BCUT2D eigenvalue weighted by Crippen LogP contribution is 2.37. The van der Waals surface area contributed by atoms with E-state index in [0.29, 0.717) is 11.3 Å². The zero-order valence-electron chi connectivity index (χ0n) is 10.2. The van der Waals surface area contributed by atoms with Crippen LogP contribution in [0.15, 0.2) is 18.2 Å². The van der Waals surface area contributed by atoms with E-state index in [-0.39, 0.29) is 16.1 Å². The van der Waals surface area contributed by atoms with Crippen LogP contribution in [-0.4, -0.2) is 7.11 Å². The summed E-state index contributed by atoms with van der Waals surface area (Å²) in [4.78, 5) is 0.0402. The maximum Gasteiger partial charge on any atom is 0.131 e. The van der Waals surface area contributed by atoms with E-state index in [2.05, 4.69) is 36.7 Å². The highest BCUT2D eigenvalue weighted by molar-refractivity contribution is 9.09. The van der Waals surface area contributed by atoms with Crippen molar-refractivity contribution >= 4 is 15.9 Å². The number of rotatable bonds is 3. The highest BCUT2D eigenvalue weighted by Gasteiger charge is 2.20. The van der Waals surface area contributed by atoms with E-state index in [1.807, 2.05) is 0 Å². The van der Waals surface area contributed by atoms with Crippen LogP contribution in [0.25, 0.3) is 0 Å². The first-order valence-corrected chi connectivity index (χ1v) is 6.22. The van der Waals surface area contributed by atoms with Crippen LogP contribution in [0.1, 0.15) is 37.6 Å². The van der Waals surface area contributed by atoms with E-state index in [1.54, 1.807) is 12.1 Å². The molecule has 1 atom stereocenters. The molecule has 0 saturated carbocycles. The lowest BCUT2D eigenvalue weighted by atomic mass is 9.88. The van der Waals surface area contributed by atoms with Crippen molar-refractivity contribution in [2.24, 2.45) is 5.41 Å². The van der Waals surface area contributed by atoms with E-state index in [0.717, 1.165) is 6.42 Å². The number of methoxy groups -OCH3 is 1. The Bertz CT molecular complexity index is 357. The molecule has 0 bridgehead atoms. The SMILES string of the molecule is COc1ccc(C(Br)CC(C)(C)C)c(F)c1. The van der Waals surface area contributed by atoms with Gasteiger partial charge in [-0.05, 0) is 17.9 Å². The molecule has 0 spiro atoms. The third kappa shape index (κ3) is 3.78. The summed E-state index contributed by atoms with van der Waals surface area (Å²) in [5.41, 5.74) is 0.858. The van der Waals surface area contributed by atoms with Gasteiger partial charge in [0.1, 0.15) is 11.6 Å². The van der Waals surface area contributed by atoms with Gasteiger partial charge >= 0.3 is 0 Å². The quantitative estimate of drug-likeness (QED) is 0.732. The maximum absolute atomic E-state index is 13.8. The molecule has 1 rings (SSSR count). The Labute approximate surface area is 105 Å². The van der Waals surface area contributed by atoms with Gasteiger partial charge in [0, 0.05) is 16.5 Å². The second-order valence-electron chi connectivity index (χ2n) is 5.12. The van der Waals surface area contributed by atoms with Crippen LogP contribution in [-0.2, 0) is 0 Å². The molecule has 0 heterocycles. The smallest absolute Gasteiger partial charge is 0.131 e. The average Bonchev–Trinajstić information content (AvgIpc) is 2.14. The molecule has 90 valence electrons. The first-order valence-electron chi connectivity index (χ1n) is 5.31. The number of hydrogen-bond donors (Lipinski definition) is 0. The van der Waals surface area contributed by atoms with E-state index >= 15 is 0 Å². The molecule has 0 aliphatic rings. The summed E-state index contributed by atoms with van der Waals surface area (Å²) >= 11 is 3.54. The van der Waals surface area contributed by atoms with Crippen LogP contribution in [0.4, 0.5) is 4.39 Å². The van der Waals surface area contributed by atoms with Gasteiger partial charge in [0.25, 0.3) is 0 Å².